The molecule has 148 valence electrons. The Hall–Kier alpha value is -3.12. The van der Waals surface area contributed by atoms with Crippen LogP contribution in [0.25, 0.3) is 5.70 Å². The SMILES string of the molecule is Cc1ccc([C@@H]2C=C(c3ccc(Cl)cc3)Nc3nc(NC(=O)C(C)C)nn32)cc1. The van der Waals surface area contributed by atoms with Crippen molar-refractivity contribution in [2.24, 2.45) is 5.92 Å². The van der Waals surface area contributed by atoms with Gasteiger partial charge in [-0.15, -0.1) is 5.10 Å². The summed E-state index contributed by atoms with van der Waals surface area (Å²) in [4.78, 5) is 16.6. The number of carbonyl (C=O) groups is 1. The number of nitrogens with zero attached hydrogens (tertiary/aromatic N) is 3. The van der Waals surface area contributed by atoms with Gasteiger partial charge in [-0.25, -0.2) is 4.68 Å². The minimum absolute atomic E-state index is 0.120. The average molecular weight is 408 g/mol. The molecular weight excluding hydrogens is 386 g/mol. The highest BCUT2D eigenvalue weighted by Crippen LogP contribution is 2.33. The molecule has 6 nitrogen and oxygen atoms in total. The number of anilines is 2. The van der Waals surface area contributed by atoms with E-state index in [-0.39, 0.29) is 23.8 Å². The Bertz CT molecular complexity index is 1070. The van der Waals surface area contributed by atoms with Crippen LogP contribution in [0.3, 0.4) is 0 Å². The molecule has 2 aromatic carbocycles. The van der Waals surface area contributed by atoms with E-state index in [0.29, 0.717) is 11.0 Å². The number of aromatic nitrogens is 3. The number of allylic oxidation sites excluding steroid dienone is 1. The van der Waals surface area contributed by atoms with Crippen molar-refractivity contribution in [3.63, 3.8) is 0 Å². The molecule has 7 heteroatoms. The minimum Gasteiger partial charge on any atom is -0.324 e. The molecule has 29 heavy (non-hydrogen) atoms. The Morgan fingerprint density at radius 1 is 1.14 bits per heavy atom. The maximum Gasteiger partial charge on any atom is 0.250 e. The summed E-state index contributed by atoms with van der Waals surface area (Å²) in [6.07, 6.45) is 2.10. The summed E-state index contributed by atoms with van der Waals surface area (Å²) in [5.41, 5.74) is 4.17. The van der Waals surface area contributed by atoms with Gasteiger partial charge in [0.2, 0.25) is 11.9 Å². The second kappa shape index (κ2) is 7.72. The monoisotopic (exact) mass is 407 g/mol. The van der Waals surface area contributed by atoms with Gasteiger partial charge in [0.1, 0.15) is 6.04 Å². The van der Waals surface area contributed by atoms with Crippen molar-refractivity contribution in [2.45, 2.75) is 26.8 Å². The number of nitrogens with one attached hydrogen (secondary N) is 2. The Morgan fingerprint density at radius 2 is 1.83 bits per heavy atom. The topological polar surface area (TPSA) is 71.8 Å². The highest BCUT2D eigenvalue weighted by molar-refractivity contribution is 6.30. The van der Waals surface area contributed by atoms with E-state index in [2.05, 4.69) is 58.0 Å². The van der Waals surface area contributed by atoms with Crippen LogP contribution in [0, 0.1) is 12.8 Å². The number of fused-ring (bicyclic) bond motifs is 1. The van der Waals surface area contributed by atoms with Crippen molar-refractivity contribution in [1.29, 1.82) is 0 Å². The zero-order valence-corrected chi connectivity index (χ0v) is 17.2. The smallest absolute Gasteiger partial charge is 0.250 e. The first-order valence-electron chi connectivity index (χ1n) is 9.49. The molecule has 4 rings (SSSR count). The Morgan fingerprint density at radius 3 is 2.48 bits per heavy atom. The number of halogens is 1. The zero-order chi connectivity index (χ0) is 20.5. The number of hydrogen-bond acceptors (Lipinski definition) is 4. The van der Waals surface area contributed by atoms with Gasteiger partial charge in [-0.2, -0.15) is 4.98 Å². The average Bonchev–Trinajstić information content (AvgIpc) is 3.10. The maximum absolute atomic E-state index is 12.1. The van der Waals surface area contributed by atoms with Crippen LogP contribution in [0.1, 0.15) is 36.6 Å². The summed E-state index contributed by atoms with van der Waals surface area (Å²) in [5, 5.41) is 11.3. The lowest BCUT2D eigenvalue weighted by molar-refractivity contribution is -0.118. The molecular formula is C22H22ClN5O. The van der Waals surface area contributed by atoms with Crippen LogP contribution in [0.4, 0.5) is 11.9 Å². The van der Waals surface area contributed by atoms with Crippen molar-refractivity contribution in [3.05, 3.63) is 76.3 Å². The Balaban J connectivity index is 1.75. The summed E-state index contributed by atoms with van der Waals surface area (Å²) >= 11 is 6.04. The van der Waals surface area contributed by atoms with Gasteiger partial charge in [-0.1, -0.05) is 67.4 Å². The van der Waals surface area contributed by atoms with Crippen LogP contribution in [0.15, 0.2) is 54.6 Å². The van der Waals surface area contributed by atoms with E-state index in [0.717, 1.165) is 16.8 Å². The molecule has 1 atom stereocenters. The van der Waals surface area contributed by atoms with Crippen LogP contribution in [0.5, 0.6) is 0 Å². The van der Waals surface area contributed by atoms with Gasteiger partial charge < -0.3 is 5.32 Å². The Labute approximate surface area is 174 Å². The third kappa shape index (κ3) is 4.03. The first-order valence-corrected chi connectivity index (χ1v) is 9.87. The van der Waals surface area contributed by atoms with Crippen LogP contribution < -0.4 is 10.6 Å². The summed E-state index contributed by atoms with van der Waals surface area (Å²) < 4.78 is 1.79. The van der Waals surface area contributed by atoms with Crippen molar-refractivity contribution in [2.75, 3.05) is 10.6 Å². The number of hydrogen-bond donors (Lipinski definition) is 2. The number of carbonyl (C=O) groups excluding carboxylic acids is 1. The van der Waals surface area contributed by atoms with Crippen LogP contribution >= 0.6 is 11.6 Å². The third-order valence-electron chi connectivity index (χ3n) is 4.80. The van der Waals surface area contributed by atoms with E-state index in [9.17, 15) is 4.79 Å². The number of aryl methyl sites for hydroxylation is 1. The van der Waals surface area contributed by atoms with Gasteiger partial charge in [0.05, 0.1) is 0 Å². The van der Waals surface area contributed by atoms with E-state index >= 15 is 0 Å². The second-order valence-electron chi connectivity index (χ2n) is 7.42. The summed E-state index contributed by atoms with van der Waals surface area (Å²) in [5.74, 6) is 0.584. The Kier molecular flexibility index (Phi) is 5.11. The molecule has 1 aliphatic heterocycles. The minimum atomic E-state index is -0.158. The van der Waals surface area contributed by atoms with Crippen molar-refractivity contribution >= 4 is 35.1 Å². The van der Waals surface area contributed by atoms with Crippen LogP contribution in [0.2, 0.25) is 5.02 Å². The molecule has 3 aromatic rings. The predicted octanol–water partition coefficient (Wildman–Crippen LogP) is 4.89. The normalized spacial score (nSPS) is 15.5. The fourth-order valence-electron chi connectivity index (χ4n) is 3.10. The fraction of sp³-hybridized carbons (Fsp3) is 0.227. The van der Waals surface area contributed by atoms with E-state index in [1.807, 2.05) is 38.1 Å². The first kappa shape index (κ1) is 19.2. The standard InChI is InChI=1S/C22H22ClN5O/c1-13(2)20(29)25-21-26-22-24-18(15-8-10-17(23)11-9-15)12-19(28(22)27-21)16-6-4-14(3)5-7-16/h4-13,19H,1-3H3,(H2,24,25,26,27,29)/t19-/m0/s1. The van der Waals surface area contributed by atoms with Crippen LogP contribution in [-0.4, -0.2) is 20.7 Å². The van der Waals surface area contributed by atoms with Crippen molar-refractivity contribution in [3.8, 4) is 0 Å². The lowest BCUT2D eigenvalue weighted by Crippen LogP contribution is -2.20. The number of benzene rings is 2. The summed E-state index contributed by atoms with van der Waals surface area (Å²) in [6, 6.07) is 15.8. The lowest BCUT2D eigenvalue weighted by Gasteiger charge is -2.24. The van der Waals surface area contributed by atoms with Gasteiger partial charge in [-0.3, -0.25) is 10.1 Å². The number of amides is 1. The molecule has 0 fully saturated rings. The van der Waals surface area contributed by atoms with E-state index < -0.39 is 0 Å². The maximum atomic E-state index is 12.1. The highest BCUT2D eigenvalue weighted by Gasteiger charge is 2.26. The zero-order valence-electron chi connectivity index (χ0n) is 16.5. The third-order valence-corrected chi connectivity index (χ3v) is 5.05. The van der Waals surface area contributed by atoms with Gasteiger partial charge in [0, 0.05) is 16.6 Å². The molecule has 0 saturated carbocycles. The highest BCUT2D eigenvalue weighted by atomic mass is 35.5. The largest absolute Gasteiger partial charge is 0.324 e. The van der Waals surface area contributed by atoms with Crippen molar-refractivity contribution in [1.82, 2.24) is 14.8 Å². The molecule has 0 saturated heterocycles. The van der Waals surface area contributed by atoms with Crippen molar-refractivity contribution < 1.29 is 4.79 Å². The summed E-state index contributed by atoms with van der Waals surface area (Å²) in [7, 11) is 0. The molecule has 1 amide bonds. The predicted molar refractivity (Wildman–Crippen MR) is 116 cm³/mol. The lowest BCUT2D eigenvalue weighted by atomic mass is 10.0. The molecule has 0 aliphatic carbocycles. The quantitative estimate of drug-likeness (QED) is 0.645. The molecule has 0 spiro atoms. The van der Waals surface area contributed by atoms with Gasteiger partial charge in [0.25, 0.3) is 5.95 Å². The molecule has 1 aromatic heterocycles. The van der Waals surface area contributed by atoms with E-state index in [1.165, 1.54) is 5.56 Å². The van der Waals surface area contributed by atoms with Gasteiger partial charge >= 0.3 is 0 Å². The molecule has 0 radical (unpaired) electrons. The molecule has 0 bridgehead atoms. The summed E-state index contributed by atoms with van der Waals surface area (Å²) in [6.45, 7) is 5.72. The van der Waals surface area contributed by atoms with E-state index in [1.54, 1.807) is 4.68 Å². The molecule has 0 unspecified atom stereocenters. The molecule has 2 heterocycles. The first-order chi connectivity index (χ1) is 13.9. The van der Waals surface area contributed by atoms with E-state index in [4.69, 9.17) is 11.6 Å². The molecule has 2 N–H and O–H groups in total. The fourth-order valence-corrected chi connectivity index (χ4v) is 3.23. The molecule has 1 aliphatic rings. The number of rotatable bonds is 4. The van der Waals surface area contributed by atoms with Gasteiger partial charge in [0.15, 0.2) is 0 Å². The van der Waals surface area contributed by atoms with Crippen LogP contribution in [-0.2, 0) is 4.79 Å². The second-order valence-corrected chi connectivity index (χ2v) is 7.85. The van der Waals surface area contributed by atoms with Gasteiger partial charge in [-0.05, 0) is 36.3 Å².